The minimum Gasteiger partial charge on any atom is -0.389 e. The molecular weight excluding hydrogens is 292 g/mol. The van der Waals surface area contributed by atoms with Gasteiger partial charge in [-0.1, -0.05) is 11.2 Å². The Labute approximate surface area is 136 Å². The second-order valence-corrected chi connectivity index (χ2v) is 6.88. The van der Waals surface area contributed by atoms with Crippen LogP contribution in [-0.2, 0) is 9.63 Å². The van der Waals surface area contributed by atoms with Crippen molar-refractivity contribution in [2.45, 2.75) is 38.7 Å². The van der Waals surface area contributed by atoms with Crippen LogP contribution in [0.3, 0.4) is 0 Å². The maximum Gasteiger partial charge on any atom is 0.225 e. The lowest BCUT2D eigenvalue weighted by Gasteiger charge is -2.32. The first kappa shape index (κ1) is 15.8. The molecule has 1 atom stereocenters. The zero-order chi connectivity index (χ0) is 16.3. The lowest BCUT2D eigenvalue weighted by atomic mass is 9.96. The van der Waals surface area contributed by atoms with Crippen molar-refractivity contribution in [2.24, 2.45) is 11.1 Å². The number of piperidine rings is 1. The fraction of sp³-hybridized carbons (Fsp3) is 0.588. The lowest BCUT2D eigenvalue weighted by molar-refractivity contribution is -0.124. The Kier molecular flexibility index (Phi) is 4.50. The number of anilines is 1. The van der Waals surface area contributed by atoms with Gasteiger partial charge in [0.25, 0.3) is 0 Å². The summed E-state index contributed by atoms with van der Waals surface area (Å²) in [5.74, 6) is 1.04. The minimum absolute atomic E-state index is 0.00156. The van der Waals surface area contributed by atoms with Gasteiger partial charge in [-0.2, -0.15) is 0 Å². The van der Waals surface area contributed by atoms with Gasteiger partial charge < -0.3 is 15.1 Å². The van der Waals surface area contributed by atoms with E-state index in [1.54, 1.807) is 6.20 Å². The molecule has 1 unspecified atom stereocenters. The molecule has 0 bridgehead atoms. The Morgan fingerprint density at radius 2 is 2.35 bits per heavy atom. The molecule has 0 spiro atoms. The average Bonchev–Trinajstić information content (AvgIpc) is 2.93. The fourth-order valence-electron chi connectivity index (χ4n) is 3.11. The van der Waals surface area contributed by atoms with Crippen molar-refractivity contribution < 1.29 is 9.63 Å². The molecule has 1 amide bonds. The van der Waals surface area contributed by atoms with Gasteiger partial charge in [-0.15, -0.1) is 0 Å². The molecule has 3 heterocycles. The quantitative estimate of drug-likeness (QED) is 0.922. The van der Waals surface area contributed by atoms with Crippen molar-refractivity contribution in [3.63, 3.8) is 0 Å². The van der Waals surface area contributed by atoms with Crippen LogP contribution in [0.4, 0.5) is 5.82 Å². The van der Waals surface area contributed by atoms with Gasteiger partial charge in [0.05, 0.1) is 18.2 Å². The van der Waals surface area contributed by atoms with Gasteiger partial charge in [0.15, 0.2) is 0 Å². The van der Waals surface area contributed by atoms with E-state index in [4.69, 9.17) is 4.84 Å². The third kappa shape index (κ3) is 4.00. The number of hydrogen-bond acceptors (Lipinski definition) is 5. The highest BCUT2D eigenvalue weighted by Gasteiger charge is 2.30. The van der Waals surface area contributed by atoms with E-state index in [9.17, 15) is 4.79 Å². The number of pyridine rings is 1. The van der Waals surface area contributed by atoms with Crippen LogP contribution in [0, 0.1) is 5.92 Å². The predicted molar refractivity (Wildman–Crippen MR) is 89.4 cm³/mol. The Hall–Kier alpha value is -2.11. The second-order valence-electron chi connectivity index (χ2n) is 6.88. The standard InChI is InChI=1S/C17H24N4O2/c1-17(2)10-14(20-23-17)11-19-16(22)13-6-5-9-21(12-13)15-7-3-4-8-18-15/h3-4,7-8,13H,5-6,9-12H2,1-2H3,(H,19,22). The summed E-state index contributed by atoms with van der Waals surface area (Å²) in [6.07, 6.45) is 4.48. The van der Waals surface area contributed by atoms with Gasteiger partial charge in [0, 0.05) is 25.7 Å². The number of carbonyl (C=O) groups excluding carboxylic acids is 1. The van der Waals surface area contributed by atoms with Crippen LogP contribution in [0.5, 0.6) is 0 Å². The number of carbonyl (C=O) groups is 1. The molecule has 1 N–H and O–H groups in total. The summed E-state index contributed by atoms with van der Waals surface area (Å²) in [5, 5.41) is 7.06. The highest BCUT2D eigenvalue weighted by Crippen LogP contribution is 2.23. The average molecular weight is 316 g/mol. The summed E-state index contributed by atoms with van der Waals surface area (Å²) in [6, 6.07) is 5.88. The largest absolute Gasteiger partial charge is 0.389 e. The Morgan fingerprint density at radius 3 is 3.04 bits per heavy atom. The van der Waals surface area contributed by atoms with Crippen LogP contribution in [0.1, 0.15) is 33.1 Å². The third-order valence-electron chi connectivity index (χ3n) is 4.28. The van der Waals surface area contributed by atoms with E-state index in [1.165, 1.54) is 0 Å². The van der Waals surface area contributed by atoms with Crippen molar-refractivity contribution in [3.05, 3.63) is 24.4 Å². The van der Waals surface area contributed by atoms with Crippen LogP contribution >= 0.6 is 0 Å². The number of nitrogens with zero attached hydrogens (tertiary/aromatic N) is 3. The van der Waals surface area contributed by atoms with Crippen molar-refractivity contribution in [1.82, 2.24) is 10.3 Å². The van der Waals surface area contributed by atoms with Crippen molar-refractivity contribution in [2.75, 3.05) is 24.5 Å². The molecule has 0 aromatic carbocycles. The molecule has 1 saturated heterocycles. The van der Waals surface area contributed by atoms with Crippen LogP contribution < -0.4 is 10.2 Å². The molecule has 6 nitrogen and oxygen atoms in total. The summed E-state index contributed by atoms with van der Waals surface area (Å²) >= 11 is 0. The van der Waals surface area contributed by atoms with E-state index in [2.05, 4.69) is 20.4 Å². The van der Waals surface area contributed by atoms with Crippen LogP contribution in [-0.4, -0.2) is 41.8 Å². The molecule has 3 rings (SSSR count). The number of aromatic nitrogens is 1. The molecule has 0 radical (unpaired) electrons. The molecule has 1 fully saturated rings. The van der Waals surface area contributed by atoms with E-state index in [0.29, 0.717) is 6.54 Å². The number of amides is 1. The van der Waals surface area contributed by atoms with Gasteiger partial charge in [0.1, 0.15) is 11.4 Å². The Balaban J connectivity index is 1.51. The van der Waals surface area contributed by atoms with Crippen molar-refractivity contribution >= 4 is 17.4 Å². The van der Waals surface area contributed by atoms with E-state index in [1.807, 2.05) is 32.0 Å². The first-order valence-electron chi connectivity index (χ1n) is 8.21. The first-order valence-corrected chi connectivity index (χ1v) is 8.21. The van der Waals surface area contributed by atoms with Gasteiger partial charge in [-0.3, -0.25) is 4.79 Å². The summed E-state index contributed by atoms with van der Waals surface area (Å²) in [5.41, 5.74) is 0.654. The monoisotopic (exact) mass is 316 g/mol. The van der Waals surface area contributed by atoms with Gasteiger partial charge in [0.2, 0.25) is 5.91 Å². The molecule has 2 aliphatic heterocycles. The van der Waals surface area contributed by atoms with E-state index in [0.717, 1.165) is 43.9 Å². The summed E-state index contributed by atoms with van der Waals surface area (Å²) < 4.78 is 0. The number of oxime groups is 1. The number of nitrogens with one attached hydrogen (secondary N) is 1. The highest BCUT2D eigenvalue weighted by atomic mass is 16.7. The van der Waals surface area contributed by atoms with E-state index >= 15 is 0 Å². The Morgan fingerprint density at radius 1 is 1.48 bits per heavy atom. The third-order valence-corrected chi connectivity index (χ3v) is 4.28. The number of rotatable bonds is 4. The summed E-state index contributed by atoms with van der Waals surface area (Å²) in [6.45, 7) is 6.14. The summed E-state index contributed by atoms with van der Waals surface area (Å²) in [4.78, 5) is 24.3. The minimum atomic E-state index is -0.249. The fourth-order valence-corrected chi connectivity index (χ4v) is 3.11. The molecular formula is C17H24N4O2. The van der Waals surface area contributed by atoms with Crippen LogP contribution in [0.2, 0.25) is 0 Å². The predicted octanol–water partition coefficient (Wildman–Crippen LogP) is 1.97. The second kappa shape index (κ2) is 6.56. The van der Waals surface area contributed by atoms with Gasteiger partial charge in [-0.05, 0) is 38.8 Å². The maximum absolute atomic E-state index is 12.4. The maximum atomic E-state index is 12.4. The first-order chi connectivity index (χ1) is 11.0. The smallest absolute Gasteiger partial charge is 0.225 e. The molecule has 1 aromatic heterocycles. The van der Waals surface area contributed by atoms with Crippen molar-refractivity contribution in [3.8, 4) is 0 Å². The lowest BCUT2D eigenvalue weighted by Crippen LogP contribution is -2.44. The van der Waals surface area contributed by atoms with Crippen LogP contribution in [0.25, 0.3) is 0 Å². The summed E-state index contributed by atoms with van der Waals surface area (Å²) in [7, 11) is 0. The zero-order valence-corrected chi connectivity index (χ0v) is 13.8. The SMILES string of the molecule is CC1(C)CC(CNC(=O)C2CCCN(c3ccccn3)C2)=NO1. The highest BCUT2D eigenvalue weighted by molar-refractivity contribution is 5.91. The molecule has 0 aliphatic carbocycles. The molecule has 6 heteroatoms. The Bertz CT molecular complexity index is 586. The van der Waals surface area contributed by atoms with E-state index < -0.39 is 0 Å². The van der Waals surface area contributed by atoms with Crippen molar-refractivity contribution in [1.29, 1.82) is 0 Å². The topological polar surface area (TPSA) is 66.8 Å². The number of hydrogen-bond donors (Lipinski definition) is 1. The van der Waals surface area contributed by atoms with Crippen LogP contribution in [0.15, 0.2) is 29.6 Å². The molecule has 2 aliphatic rings. The molecule has 0 saturated carbocycles. The molecule has 23 heavy (non-hydrogen) atoms. The van der Waals surface area contributed by atoms with E-state index in [-0.39, 0.29) is 17.4 Å². The zero-order valence-electron chi connectivity index (χ0n) is 13.8. The van der Waals surface area contributed by atoms with Gasteiger partial charge in [-0.25, -0.2) is 4.98 Å². The normalized spacial score (nSPS) is 23.1. The molecule has 1 aromatic rings. The molecule has 124 valence electrons. The van der Waals surface area contributed by atoms with Gasteiger partial charge >= 0.3 is 0 Å².